The van der Waals surface area contributed by atoms with Gasteiger partial charge in [0.25, 0.3) is 0 Å². The van der Waals surface area contributed by atoms with Gasteiger partial charge in [-0.05, 0) is 49.2 Å². The molecule has 0 aliphatic carbocycles. The van der Waals surface area contributed by atoms with Gasteiger partial charge in [-0.3, -0.25) is 10.2 Å². The second kappa shape index (κ2) is 8.50. The summed E-state index contributed by atoms with van der Waals surface area (Å²) < 4.78 is 1.07. The molecule has 2 amide bonds. The highest BCUT2D eigenvalue weighted by atomic mass is 32.1. The molecule has 1 saturated heterocycles. The monoisotopic (exact) mass is 380 g/mol. The molecule has 1 aliphatic heterocycles. The van der Waals surface area contributed by atoms with E-state index in [0.717, 1.165) is 16.8 Å². The number of para-hydroxylation sites is 1. The number of carbonyl (C=O) groups is 1. The number of nitrogens with zero attached hydrogens (tertiary/aromatic N) is 2. The molecule has 0 atom stereocenters. The number of piperidine rings is 1. The molecule has 1 aliphatic rings. The maximum Gasteiger partial charge on any atom is 0.321 e. The number of carbonyl (C=O) groups excluding carboxylic acids is 1. The number of fused-ring (bicyclic) bond motifs is 1. The van der Waals surface area contributed by atoms with Gasteiger partial charge in [0.05, 0.1) is 10.2 Å². The van der Waals surface area contributed by atoms with Crippen LogP contribution < -0.4 is 10.6 Å². The van der Waals surface area contributed by atoms with Crippen molar-refractivity contribution in [1.82, 2.24) is 15.2 Å². The molecule has 0 unspecified atom stereocenters. The smallest absolute Gasteiger partial charge is 0.321 e. The molecule has 4 rings (SSSR count). The van der Waals surface area contributed by atoms with Crippen LogP contribution in [0.3, 0.4) is 0 Å². The molecule has 140 valence electrons. The molecule has 3 aromatic rings. The van der Waals surface area contributed by atoms with Crippen molar-refractivity contribution >= 4 is 32.7 Å². The van der Waals surface area contributed by atoms with Gasteiger partial charge in [-0.1, -0.05) is 54.2 Å². The Morgan fingerprint density at radius 1 is 1.00 bits per heavy atom. The number of likely N-dealkylation sites (tertiary alicyclic amines) is 1. The maximum atomic E-state index is 12.3. The summed E-state index contributed by atoms with van der Waals surface area (Å²) in [7, 11) is 0. The van der Waals surface area contributed by atoms with Crippen LogP contribution in [0, 0.1) is 0 Å². The third-order valence-electron chi connectivity index (χ3n) is 4.91. The van der Waals surface area contributed by atoms with Gasteiger partial charge >= 0.3 is 6.03 Å². The fraction of sp³-hybridized carbons (Fsp3) is 0.333. The Labute approximate surface area is 163 Å². The molecule has 2 aromatic carbocycles. The molecule has 0 radical (unpaired) electrons. The maximum absolute atomic E-state index is 12.3. The van der Waals surface area contributed by atoms with E-state index in [1.807, 2.05) is 30.3 Å². The second-order valence-corrected chi connectivity index (χ2v) is 7.93. The minimum atomic E-state index is -0.221. The molecule has 1 fully saturated rings. The van der Waals surface area contributed by atoms with E-state index >= 15 is 0 Å². The number of hydrogen-bond donors (Lipinski definition) is 2. The number of urea groups is 1. The topological polar surface area (TPSA) is 57.3 Å². The van der Waals surface area contributed by atoms with Crippen LogP contribution >= 0.6 is 11.3 Å². The van der Waals surface area contributed by atoms with E-state index in [9.17, 15) is 4.79 Å². The van der Waals surface area contributed by atoms with Crippen molar-refractivity contribution in [2.75, 3.05) is 18.4 Å². The molecule has 0 saturated carbocycles. The minimum absolute atomic E-state index is 0.221. The summed E-state index contributed by atoms with van der Waals surface area (Å²) in [6, 6.07) is 16.0. The summed E-state index contributed by atoms with van der Waals surface area (Å²) in [4.78, 5) is 19.2. The van der Waals surface area contributed by atoms with E-state index in [1.165, 1.54) is 54.8 Å². The summed E-state index contributed by atoms with van der Waals surface area (Å²) in [6.07, 6.45) is 3.90. The number of rotatable bonds is 5. The standard InChI is InChI=1S/C21H24N4OS/c26-20(24-21-23-18-10-4-5-11-19(18)27-21)22-14-16-8-2-3-9-17(16)15-25-12-6-1-7-13-25/h2-5,8-11H,1,6-7,12-15H2,(H2,22,23,24,26). The predicted octanol–water partition coefficient (Wildman–Crippen LogP) is 4.60. The lowest BCUT2D eigenvalue weighted by Crippen LogP contribution is -2.31. The normalized spacial score (nSPS) is 15.0. The van der Waals surface area contributed by atoms with Crippen LogP contribution in [0.2, 0.25) is 0 Å². The van der Waals surface area contributed by atoms with Crippen molar-refractivity contribution in [3.8, 4) is 0 Å². The second-order valence-electron chi connectivity index (χ2n) is 6.90. The average molecular weight is 381 g/mol. The number of hydrogen-bond acceptors (Lipinski definition) is 4. The van der Waals surface area contributed by atoms with Crippen molar-refractivity contribution in [2.24, 2.45) is 0 Å². The number of nitrogens with one attached hydrogen (secondary N) is 2. The zero-order valence-corrected chi connectivity index (χ0v) is 16.1. The van der Waals surface area contributed by atoms with Gasteiger partial charge in [-0.15, -0.1) is 0 Å². The van der Waals surface area contributed by atoms with Crippen LogP contribution in [0.25, 0.3) is 10.2 Å². The lowest BCUT2D eigenvalue weighted by atomic mass is 10.0. The summed E-state index contributed by atoms with van der Waals surface area (Å²) in [5, 5.41) is 6.44. The van der Waals surface area contributed by atoms with Crippen LogP contribution in [0.1, 0.15) is 30.4 Å². The van der Waals surface area contributed by atoms with Crippen LogP contribution in [0.15, 0.2) is 48.5 Å². The first-order chi connectivity index (χ1) is 13.3. The van der Waals surface area contributed by atoms with Gasteiger partial charge in [0.15, 0.2) is 5.13 Å². The summed E-state index contributed by atoms with van der Waals surface area (Å²) in [6.45, 7) is 3.80. The molecule has 0 spiro atoms. The first-order valence-electron chi connectivity index (χ1n) is 9.47. The first-order valence-corrected chi connectivity index (χ1v) is 10.3. The van der Waals surface area contributed by atoms with Crippen molar-refractivity contribution in [3.05, 3.63) is 59.7 Å². The van der Waals surface area contributed by atoms with Gasteiger partial charge < -0.3 is 5.32 Å². The molecule has 1 aromatic heterocycles. The fourth-order valence-corrected chi connectivity index (χ4v) is 4.35. The van der Waals surface area contributed by atoms with Crippen LogP contribution in [0.4, 0.5) is 9.93 Å². The third kappa shape index (κ3) is 4.64. The van der Waals surface area contributed by atoms with Crippen LogP contribution in [-0.2, 0) is 13.1 Å². The van der Waals surface area contributed by atoms with Crippen molar-refractivity contribution in [1.29, 1.82) is 0 Å². The molecular weight excluding hydrogens is 356 g/mol. The largest absolute Gasteiger partial charge is 0.334 e. The van der Waals surface area contributed by atoms with E-state index in [2.05, 4.69) is 38.7 Å². The van der Waals surface area contributed by atoms with Crippen molar-refractivity contribution < 1.29 is 4.79 Å². The lowest BCUT2D eigenvalue weighted by molar-refractivity contribution is 0.220. The minimum Gasteiger partial charge on any atom is -0.334 e. The molecule has 5 nitrogen and oxygen atoms in total. The Kier molecular flexibility index (Phi) is 5.65. The predicted molar refractivity (Wildman–Crippen MR) is 111 cm³/mol. The summed E-state index contributed by atoms with van der Waals surface area (Å²) >= 11 is 1.48. The highest BCUT2D eigenvalue weighted by Gasteiger charge is 2.13. The lowest BCUT2D eigenvalue weighted by Gasteiger charge is -2.27. The fourth-order valence-electron chi connectivity index (χ4n) is 3.49. The Morgan fingerprint density at radius 2 is 1.74 bits per heavy atom. The zero-order chi connectivity index (χ0) is 18.5. The molecule has 2 heterocycles. The zero-order valence-electron chi connectivity index (χ0n) is 15.3. The molecule has 6 heteroatoms. The van der Waals surface area contributed by atoms with Crippen LogP contribution in [0.5, 0.6) is 0 Å². The van der Waals surface area contributed by atoms with Gasteiger partial charge in [0, 0.05) is 13.1 Å². The highest BCUT2D eigenvalue weighted by molar-refractivity contribution is 7.22. The van der Waals surface area contributed by atoms with E-state index in [-0.39, 0.29) is 6.03 Å². The van der Waals surface area contributed by atoms with Crippen LogP contribution in [-0.4, -0.2) is 29.0 Å². The van der Waals surface area contributed by atoms with E-state index in [4.69, 9.17) is 0 Å². The number of thiazole rings is 1. The highest BCUT2D eigenvalue weighted by Crippen LogP contribution is 2.25. The van der Waals surface area contributed by atoms with E-state index < -0.39 is 0 Å². The van der Waals surface area contributed by atoms with Gasteiger partial charge in [-0.2, -0.15) is 0 Å². The number of anilines is 1. The first kappa shape index (κ1) is 17.9. The number of amides is 2. The number of benzene rings is 2. The van der Waals surface area contributed by atoms with E-state index in [0.29, 0.717) is 11.7 Å². The number of aromatic nitrogens is 1. The van der Waals surface area contributed by atoms with Gasteiger partial charge in [0.1, 0.15) is 0 Å². The Morgan fingerprint density at radius 3 is 2.56 bits per heavy atom. The van der Waals surface area contributed by atoms with E-state index in [1.54, 1.807) is 0 Å². The Bertz CT molecular complexity index is 884. The SMILES string of the molecule is O=C(NCc1ccccc1CN1CCCCC1)Nc1nc2ccccc2s1. The van der Waals surface area contributed by atoms with Crippen molar-refractivity contribution in [3.63, 3.8) is 0 Å². The molecular formula is C21H24N4OS. The van der Waals surface area contributed by atoms with Crippen molar-refractivity contribution in [2.45, 2.75) is 32.4 Å². The quantitative estimate of drug-likeness (QED) is 0.680. The average Bonchev–Trinajstić information content (AvgIpc) is 3.10. The van der Waals surface area contributed by atoms with Gasteiger partial charge in [-0.25, -0.2) is 9.78 Å². The van der Waals surface area contributed by atoms with Gasteiger partial charge in [0.2, 0.25) is 0 Å². The summed E-state index contributed by atoms with van der Waals surface area (Å²) in [5.74, 6) is 0. The molecule has 2 N–H and O–H groups in total. The third-order valence-corrected chi connectivity index (χ3v) is 5.87. The molecule has 0 bridgehead atoms. The Hall–Kier alpha value is -2.44. The Balaban J connectivity index is 1.35. The summed E-state index contributed by atoms with van der Waals surface area (Å²) in [5.41, 5.74) is 3.37. The molecule has 27 heavy (non-hydrogen) atoms.